The van der Waals surface area contributed by atoms with E-state index >= 15 is 0 Å². The molecule has 0 spiro atoms. The minimum Gasteiger partial charge on any atom is -0.496 e. The van der Waals surface area contributed by atoms with Crippen molar-refractivity contribution in [1.82, 2.24) is 0 Å². The molecule has 0 radical (unpaired) electrons. The molecule has 2 rings (SSSR count). The molecular formula is C14H19ClO3. The summed E-state index contributed by atoms with van der Waals surface area (Å²) < 4.78 is 10.8. The van der Waals surface area contributed by atoms with E-state index in [1.807, 2.05) is 0 Å². The van der Waals surface area contributed by atoms with E-state index in [2.05, 4.69) is 0 Å². The third kappa shape index (κ3) is 3.37. The molecule has 3 nitrogen and oxygen atoms in total. The Kier molecular flexibility index (Phi) is 4.87. The first-order chi connectivity index (χ1) is 8.70. The Hall–Kier alpha value is -0.770. The largest absolute Gasteiger partial charge is 0.496 e. The molecule has 0 bridgehead atoms. The van der Waals surface area contributed by atoms with Gasteiger partial charge >= 0.3 is 0 Å². The van der Waals surface area contributed by atoms with Crippen molar-refractivity contribution < 1.29 is 14.6 Å². The van der Waals surface area contributed by atoms with Gasteiger partial charge in [0.25, 0.3) is 0 Å². The number of aliphatic hydroxyl groups excluding tert-OH is 1. The van der Waals surface area contributed by atoms with E-state index in [4.69, 9.17) is 21.1 Å². The molecule has 0 aromatic heterocycles. The number of rotatable bonds is 5. The fourth-order valence-corrected chi connectivity index (χ4v) is 2.52. The summed E-state index contributed by atoms with van der Waals surface area (Å²) in [5.41, 5.74) is 0.753. The van der Waals surface area contributed by atoms with Gasteiger partial charge in [-0.05, 0) is 43.9 Å². The number of aliphatic hydroxyl groups is 1. The van der Waals surface area contributed by atoms with Gasteiger partial charge in [-0.2, -0.15) is 0 Å². The summed E-state index contributed by atoms with van der Waals surface area (Å²) >= 11 is 5.95. The van der Waals surface area contributed by atoms with Crippen molar-refractivity contribution in [3.63, 3.8) is 0 Å². The molecule has 1 fully saturated rings. The van der Waals surface area contributed by atoms with E-state index in [0.717, 1.165) is 31.4 Å². The highest BCUT2D eigenvalue weighted by Gasteiger charge is 2.19. The maximum absolute atomic E-state index is 10.2. The number of hydrogen-bond acceptors (Lipinski definition) is 3. The van der Waals surface area contributed by atoms with Crippen LogP contribution in [0.1, 0.15) is 37.4 Å². The first-order valence-corrected chi connectivity index (χ1v) is 6.71. The Balaban J connectivity index is 1.98. The van der Waals surface area contributed by atoms with Crippen molar-refractivity contribution >= 4 is 11.6 Å². The average Bonchev–Trinajstić information content (AvgIpc) is 2.89. The zero-order chi connectivity index (χ0) is 13.0. The van der Waals surface area contributed by atoms with E-state index in [9.17, 15) is 5.11 Å². The Labute approximate surface area is 113 Å². The van der Waals surface area contributed by atoms with Crippen molar-refractivity contribution in [1.29, 1.82) is 0 Å². The third-order valence-corrected chi connectivity index (χ3v) is 3.57. The van der Waals surface area contributed by atoms with Crippen molar-refractivity contribution in [2.75, 3.05) is 13.7 Å². The molecule has 1 aliphatic rings. The van der Waals surface area contributed by atoms with Crippen LogP contribution in [0.15, 0.2) is 18.2 Å². The molecule has 2 unspecified atom stereocenters. The van der Waals surface area contributed by atoms with Gasteiger partial charge in [-0.15, -0.1) is 0 Å². The van der Waals surface area contributed by atoms with Gasteiger partial charge in [-0.3, -0.25) is 0 Å². The Morgan fingerprint density at radius 1 is 1.56 bits per heavy atom. The second kappa shape index (κ2) is 6.41. The number of methoxy groups -OCH3 is 1. The predicted molar refractivity (Wildman–Crippen MR) is 71.2 cm³/mol. The Morgan fingerprint density at radius 2 is 2.39 bits per heavy atom. The Bertz CT molecular complexity index is 389. The van der Waals surface area contributed by atoms with E-state index in [0.29, 0.717) is 23.3 Å². The minimum absolute atomic E-state index is 0.296. The van der Waals surface area contributed by atoms with Gasteiger partial charge in [0, 0.05) is 17.2 Å². The van der Waals surface area contributed by atoms with Gasteiger partial charge in [-0.25, -0.2) is 0 Å². The number of hydrogen-bond donors (Lipinski definition) is 1. The number of benzene rings is 1. The standard InChI is InChI=1S/C14H19ClO3/c1-17-14-7-4-10(15)9-12(14)13(16)6-5-11-3-2-8-18-11/h4,7,9,11,13,16H,2-3,5-6,8H2,1H3. The third-order valence-electron chi connectivity index (χ3n) is 3.34. The second-order valence-electron chi connectivity index (χ2n) is 4.61. The zero-order valence-corrected chi connectivity index (χ0v) is 11.3. The monoisotopic (exact) mass is 270 g/mol. The Morgan fingerprint density at radius 3 is 3.06 bits per heavy atom. The van der Waals surface area contributed by atoms with Crippen molar-refractivity contribution in [2.45, 2.75) is 37.9 Å². The van der Waals surface area contributed by atoms with Gasteiger partial charge < -0.3 is 14.6 Å². The highest BCUT2D eigenvalue weighted by atomic mass is 35.5. The van der Waals surface area contributed by atoms with Crippen LogP contribution in [0.2, 0.25) is 5.02 Å². The lowest BCUT2D eigenvalue weighted by molar-refractivity contribution is 0.0805. The maximum Gasteiger partial charge on any atom is 0.124 e. The highest BCUT2D eigenvalue weighted by molar-refractivity contribution is 6.30. The van der Waals surface area contributed by atoms with Crippen molar-refractivity contribution in [3.05, 3.63) is 28.8 Å². The molecule has 1 aromatic rings. The molecule has 2 atom stereocenters. The quantitative estimate of drug-likeness (QED) is 0.892. The SMILES string of the molecule is COc1ccc(Cl)cc1C(O)CCC1CCCO1. The molecule has 18 heavy (non-hydrogen) atoms. The fraction of sp³-hybridized carbons (Fsp3) is 0.571. The summed E-state index contributed by atoms with van der Waals surface area (Å²) in [6.07, 6.45) is 3.51. The molecule has 100 valence electrons. The van der Waals surface area contributed by atoms with Crippen LogP contribution in [-0.2, 0) is 4.74 Å². The van der Waals surface area contributed by atoms with E-state index < -0.39 is 6.10 Å². The van der Waals surface area contributed by atoms with Crippen molar-refractivity contribution in [3.8, 4) is 5.75 Å². The average molecular weight is 271 g/mol. The normalized spacial score (nSPS) is 20.9. The number of ether oxygens (including phenoxy) is 2. The minimum atomic E-state index is -0.553. The summed E-state index contributed by atoms with van der Waals surface area (Å²) in [4.78, 5) is 0. The highest BCUT2D eigenvalue weighted by Crippen LogP contribution is 2.32. The smallest absolute Gasteiger partial charge is 0.124 e. The lowest BCUT2D eigenvalue weighted by atomic mass is 10.0. The lowest BCUT2D eigenvalue weighted by Crippen LogP contribution is -2.08. The van der Waals surface area contributed by atoms with Crippen LogP contribution in [0.3, 0.4) is 0 Å². The summed E-state index contributed by atoms with van der Waals surface area (Å²) in [6.45, 7) is 0.848. The van der Waals surface area contributed by atoms with Crippen LogP contribution >= 0.6 is 11.6 Å². The van der Waals surface area contributed by atoms with E-state index in [-0.39, 0.29) is 0 Å². The molecule has 0 saturated carbocycles. The molecule has 1 heterocycles. The summed E-state index contributed by atoms with van der Waals surface area (Å²) in [5.74, 6) is 0.680. The molecular weight excluding hydrogens is 252 g/mol. The summed E-state index contributed by atoms with van der Waals surface area (Å²) in [7, 11) is 1.60. The topological polar surface area (TPSA) is 38.7 Å². The summed E-state index contributed by atoms with van der Waals surface area (Å²) in [5, 5.41) is 10.8. The first-order valence-electron chi connectivity index (χ1n) is 6.34. The van der Waals surface area contributed by atoms with Crippen LogP contribution in [0.4, 0.5) is 0 Å². The lowest BCUT2D eigenvalue weighted by Gasteiger charge is -2.17. The van der Waals surface area contributed by atoms with Crippen LogP contribution in [-0.4, -0.2) is 24.9 Å². The van der Waals surface area contributed by atoms with Crippen LogP contribution in [0, 0.1) is 0 Å². The van der Waals surface area contributed by atoms with E-state index in [1.54, 1.807) is 25.3 Å². The molecule has 1 N–H and O–H groups in total. The zero-order valence-electron chi connectivity index (χ0n) is 10.6. The summed E-state index contributed by atoms with van der Waals surface area (Å²) in [6, 6.07) is 5.31. The molecule has 0 amide bonds. The molecule has 1 aliphatic heterocycles. The van der Waals surface area contributed by atoms with Gasteiger partial charge in [0.15, 0.2) is 0 Å². The van der Waals surface area contributed by atoms with Crippen molar-refractivity contribution in [2.24, 2.45) is 0 Å². The predicted octanol–water partition coefficient (Wildman–Crippen LogP) is 3.34. The van der Waals surface area contributed by atoms with Gasteiger partial charge in [0.2, 0.25) is 0 Å². The second-order valence-corrected chi connectivity index (χ2v) is 5.05. The van der Waals surface area contributed by atoms with Crippen LogP contribution in [0.5, 0.6) is 5.75 Å². The first kappa shape index (κ1) is 13.7. The van der Waals surface area contributed by atoms with Crippen LogP contribution in [0.25, 0.3) is 0 Å². The van der Waals surface area contributed by atoms with Gasteiger partial charge in [0.05, 0.1) is 19.3 Å². The number of halogens is 1. The van der Waals surface area contributed by atoms with E-state index in [1.165, 1.54) is 0 Å². The molecule has 1 saturated heterocycles. The molecule has 0 aliphatic carbocycles. The van der Waals surface area contributed by atoms with Gasteiger partial charge in [-0.1, -0.05) is 11.6 Å². The molecule has 4 heteroatoms. The van der Waals surface area contributed by atoms with Crippen LogP contribution < -0.4 is 4.74 Å². The maximum atomic E-state index is 10.2. The molecule has 1 aromatic carbocycles. The van der Waals surface area contributed by atoms with Gasteiger partial charge in [0.1, 0.15) is 5.75 Å². The fourth-order valence-electron chi connectivity index (χ4n) is 2.34.